The molecule has 1 rings (SSSR count). The van der Waals surface area contributed by atoms with Crippen molar-refractivity contribution < 1.29 is 4.42 Å². The summed E-state index contributed by atoms with van der Waals surface area (Å²) in [5.41, 5.74) is 0.482. The fourth-order valence-electron chi connectivity index (χ4n) is 0.485. The molecule has 0 saturated heterocycles. The predicted octanol–water partition coefficient (Wildman–Crippen LogP) is 1.28. The van der Waals surface area contributed by atoms with E-state index >= 15 is 0 Å². The van der Waals surface area contributed by atoms with E-state index in [-0.39, 0.29) is 5.63 Å². The normalized spacial score (nSPS) is 8.89. The zero-order valence-corrected chi connectivity index (χ0v) is 4.83. The number of hydrogen-bond acceptors (Lipinski definition) is 2. The van der Waals surface area contributed by atoms with Gasteiger partial charge >= 0.3 is 5.63 Å². The average molecular weight is 122 g/mol. The Morgan fingerprint density at radius 3 is 2.78 bits per heavy atom. The van der Waals surface area contributed by atoms with Gasteiger partial charge in [-0.2, -0.15) is 0 Å². The van der Waals surface area contributed by atoms with E-state index in [1.165, 1.54) is 12.3 Å². The lowest BCUT2D eigenvalue weighted by Gasteiger charge is -1.84. The number of rotatable bonds is 1. The van der Waals surface area contributed by atoms with Crippen LogP contribution in [0.1, 0.15) is 5.56 Å². The highest BCUT2D eigenvalue weighted by atomic mass is 16.4. The third kappa shape index (κ3) is 1.29. The Kier molecular flexibility index (Phi) is 1.49. The minimum Gasteiger partial charge on any atom is -0.431 e. The summed E-state index contributed by atoms with van der Waals surface area (Å²) in [5.74, 6) is 0. The summed E-state index contributed by atoms with van der Waals surface area (Å²) in [6.07, 6.45) is 2.98. The maximum absolute atomic E-state index is 10.3. The molecule has 0 radical (unpaired) electrons. The second kappa shape index (κ2) is 2.31. The lowest BCUT2D eigenvalue weighted by Crippen LogP contribution is -1.92. The Bertz CT molecular complexity index is 239. The minimum atomic E-state index is -0.333. The van der Waals surface area contributed by atoms with Gasteiger partial charge in [0, 0.05) is 11.6 Å². The summed E-state index contributed by atoms with van der Waals surface area (Å²) in [5, 5.41) is 0. The fraction of sp³-hybridized carbons (Fsp3) is 0. The lowest BCUT2D eigenvalue weighted by atomic mass is 10.3. The van der Waals surface area contributed by atoms with Gasteiger partial charge in [-0.25, -0.2) is 4.79 Å². The molecule has 0 aliphatic heterocycles. The molecule has 2 heteroatoms. The molecule has 0 N–H and O–H groups in total. The van der Waals surface area contributed by atoms with Crippen LogP contribution >= 0.6 is 0 Å². The largest absolute Gasteiger partial charge is 0.431 e. The topological polar surface area (TPSA) is 30.2 Å². The fourth-order valence-corrected chi connectivity index (χ4v) is 0.485. The van der Waals surface area contributed by atoms with E-state index < -0.39 is 0 Å². The van der Waals surface area contributed by atoms with Gasteiger partial charge in [-0.15, -0.1) is 0 Å². The van der Waals surface area contributed by atoms with Crippen LogP contribution in [0.3, 0.4) is 0 Å². The van der Waals surface area contributed by atoms with Gasteiger partial charge in [0.25, 0.3) is 0 Å². The first-order valence-corrected chi connectivity index (χ1v) is 2.54. The molecular formula is C7H6O2. The molecule has 0 aromatic carbocycles. The molecule has 9 heavy (non-hydrogen) atoms. The zero-order valence-electron chi connectivity index (χ0n) is 4.83. The molecule has 0 fully saturated rings. The van der Waals surface area contributed by atoms with Gasteiger partial charge in [0.1, 0.15) is 6.26 Å². The molecule has 1 aromatic heterocycles. The SMILES string of the molecule is C=Cc1ccc(=O)oc1. The molecule has 0 aliphatic rings. The first-order chi connectivity index (χ1) is 4.33. The third-order valence-corrected chi connectivity index (χ3v) is 0.959. The molecule has 1 aromatic rings. The number of hydrogen-bond donors (Lipinski definition) is 0. The molecule has 0 unspecified atom stereocenters. The standard InChI is InChI=1S/C7H6O2/c1-2-6-3-4-7(8)9-5-6/h2-5H,1H2. The van der Waals surface area contributed by atoms with Gasteiger partial charge in [-0.05, 0) is 6.07 Å². The molecule has 0 aliphatic carbocycles. The Morgan fingerprint density at radius 1 is 1.56 bits per heavy atom. The first kappa shape index (κ1) is 5.82. The molecular weight excluding hydrogens is 116 g/mol. The van der Waals surface area contributed by atoms with Crippen molar-refractivity contribution in [2.24, 2.45) is 0 Å². The van der Waals surface area contributed by atoms with Crippen LogP contribution in [0.5, 0.6) is 0 Å². The van der Waals surface area contributed by atoms with Crippen molar-refractivity contribution in [2.75, 3.05) is 0 Å². The second-order valence-electron chi connectivity index (χ2n) is 1.59. The molecule has 0 saturated carbocycles. The van der Waals surface area contributed by atoms with Gasteiger partial charge in [-0.1, -0.05) is 12.7 Å². The molecule has 0 atom stereocenters. The lowest BCUT2D eigenvalue weighted by molar-refractivity contribution is 0.509. The van der Waals surface area contributed by atoms with Gasteiger partial charge < -0.3 is 4.42 Å². The maximum Gasteiger partial charge on any atom is 0.335 e. The second-order valence-corrected chi connectivity index (χ2v) is 1.59. The van der Waals surface area contributed by atoms with Gasteiger partial charge in [0.05, 0.1) is 0 Å². The van der Waals surface area contributed by atoms with Crippen LogP contribution in [0.2, 0.25) is 0 Å². The maximum atomic E-state index is 10.3. The van der Waals surface area contributed by atoms with Crippen LogP contribution in [0.25, 0.3) is 6.08 Å². The van der Waals surface area contributed by atoms with E-state index in [4.69, 9.17) is 0 Å². The summed E-state index contributed by atoms with van der Waals surface area (Å²) in [6.45, 7) is 3.50. The van der Waals surface area contributed by atoms with Crippen molar-refractivity contribution in [1.29, 1.82) is 0 Å². The predicted molar refractivity (Wildman–Crippen MR) is 35.1 cm³/mol. The van der Waals surface area contributed by atoms with Gasteiger partial charge in [0.15, 0.2) is 0 Å². The van der Waals surface area contributed by atoms with Crippen molar-refractivity contribution in [1.82, 2.24) is 0 Å². The van der Waals surface area contributed by atoms with Crippen molar-refractivity contribution in [2.45, 2.75) is 0 Å². The van der Waals surface area contributed by atoms with Crippen molar-refractivity contribution in [3.05, 3.63) is 41.0 Å². The van der Waals surface area contributed by atoms with E-state index in [0.717, 1.165) is 5.56 Å². The highest BCUT2D eigenvalue weighted by Gasteiger charge is 1.84. The van der Waals surface area contributed by atoms with Crippen molar-refractivity contribution in [3.63, 3.8) is 0 Å². The van der Waals surface area contributed by atoms with Crippen LogP contribution in [0, 0.1) is 0 Å². The summed E-state index contributed by atoms with van der Waals surface area (Å²) < 4.78 is 4.52. The zero-order chi connectivity index (χ0) is 6.69. The van der Waals surface area contributed by atoms with Crippen LogP contribution < -0.4 is 5.63 Å². The molecule has 46 valence electrons. The van der Waals surface area contributed by atoms with Crippen LogP contribution in [-0.2, 0) is 0 Å². The molecule has 0 spiro atoms. The Labute approximate surface area is 52.4 Å². The van der Waals surface area contributed by atoms with E-state index in [1.54, 1.807) is 12.1 Å². The first-order valence-electron chi connectivity index (χ1n) is 2.54. The summed E-state index contributed by atoms with van der Waals surface area (Å²) >= 11 is 0. The van der Waals surface area contributed by atoms with Gasteiger partial charge in [0.2, 0.25) is 0 Å². The van der Waals surface area contributed by atoms with Gasteiger partial charge in [-0.3, -0.25) is 0 Å². The van der Waals surface area contributed by atoms with Crippen LogP contribution in [0.4, 0.5) is 0 Å². The average Bonchev–Trinajstić information content (AvgIpc) is 1.90. The van der Waals surface area contributed by atoms with Crippen LogP contribution in [0.15, 0.2) is 34.2 Å². The summed E-state index contributed by atoms with van der Waals surface area (Å²) in [7, 11) is 0. The highest BCUT2D eigenvalue weighted by Crippen LogP contribution is 1.94. The highest BCUT2D eigenvalue weighted by molar-refractivity contribution is 5.43. The smallest absolute Gasteiger partial charge is 0.335 e. The Morgan fingerprint density at radius 2 is 2.33 bits per heavy atom. The molecule has 2 nitrogen and oxygen atoms in total. The van der Waals surface area contributed by atoms with E-state index in [0.29, 0.717) is 0 Å². The molecule has 0 amide bonds. The Balaban J connectivity index is 3.16. The van der Waals surface area contributed by atoms with Crippen LogP contribution in [-0.4, -0.2) is 0 Å². The quantitative estimate of drug-likeness (QED) is 0.561. The van der Waals surface area contributed by atoms with Crippen molar-refractivity contribution in [3.8, 4) is 0 Å². The summed E-state index contributed by atoms with van der Waals surface area (Å²) in [6, 6.07) is 3.01. The van der Waals surface area contributed by atoms with E-state index in [2.05, 4.69) is 11.0 Å². The molecule has 1 heterocycles. The van der Waals surface area contributed by atoms with E-state index in [9.17, 15) is 4.79 Å². The minimum absolute atomic E-state index is 0.333. The van der Waals surface area contributed by atoms with E-state index in [1.807, 2.05) is 0 Å². The van der Waals surface area contributed by atoms with Crippen molar-refractivity contribution >= 4 is 6.08 Å². The summed E-state index contributed by atoms with van der Waals surface area (Å²) in [4.78, 5) is 10.3. The monoisotopic (exact) mass is 122 g/mol. The third-order valence-electron chi connectivity index (χ3n) is 0.959. The Hall–Kier alpha value is -1.31. The molecule has 0 bridgehead atoms.